The standard InChI is InChI=1S/C49H63NOS5/c1-8-13-16-17-18-25-50-30-39-32(7)53-48(45(39)49(50)51)42-29-38-44(41-24-22-36(55-41)28-34(12-5)20-15-10-3)46-37(26-31(6)52-46)43(47(38)56-42)40-23-21-35(54-40)27-33(11-4)19-14-9-2/h21-24,26,29,33-34H,8-20,25,27-28,30H2,1-7H3. The van der Waals surface area contributed by atoms with E-state index in [2.05, 4.69) is 89.8 Å². The van der Waals surface area contributed by atoms with E-state index in [9.17, 15) is 4.79 Å². The van der Waals surface area contributed by atoms with E-state index >= 15 is 0 Å². The number of aryl methyl sites for hydroxylation is 2. The van der Waals surface area contributed by atoms with Crippen LogP contribution in [0.2, 0.25) is 0 Å². The molecule has 0 N–H and O–H groups in total. The van der Waals surface area contributed by atoms with Gasteiger partial charge in [0.15, 0.2) is 0 Å². The molecule has 6 heterocycles. The van der Waals surface area contributed by atoms with Gasteiger partial charge in [-0.25, -0.2) is 0 Å². The maximum Gasteiger partial charge on any atom is 0.256 e. The van der Waals surface area contributed by atoms with Crippen molar-refractivity contribution in [3.63, 3.8) is 0 Å². The van der Waals surface area contributed by atoms with Crippen LogP contribution in [-0.4, -0.2) is 17.4 Å². The van der Waals surface area contributed by atoms with Crippen molar-refractivity contribution in [2.24, 2.45) is 11.8 Å². The van der Waals surface area contributed by atoms with E-state index in [0.717, 1.165) is 36.9 Å². The Hall–Kier alpha value is -2.29. The summed E-state index contributed by atoms with van der Waals surface area (Å²) in [5.74, 6) is 1.75. The van der Waals surface area contributed by atoms with Gasteiger partial charge in [-0.05, 0) is 86.9 Å². The molecule has 0 saturated carbocycles. The summed E-state index contributed by atoms with van der Waals surface area (Å²) in [6, 6.07) is 14.6. The Balaban J connectivity index is 1.34. The summed E-state index contributed by atoms with van der Waals surface area (Å²) < 4.78 is 2.80. The molecule has 1 amide bonds. The van der Waals surface area contributed by atoms with Gasteiger partial charge in [-0.3, -0.25) is 4.79 Å². The zero-order valence-corrected chi connectivity index (χ0v) is 39.1. The van der Waals surface area contributed by atoms with E-state index < -0.39 is 0 Å². The van der Waals surface area contributed by atoms with Crippen molar-refractivity contribution in [3.05, 3.63) is 67.0 Å². The van der Waals surface area contributed by atoms with Gasteiger partial charge >= 0.3 is 0 Å². The highest BCUT2D eigenvalue weighted by Crippen LogP contribution is 2.54. The zero-order valence-electron chi connectivity index (χ0n) is 35.0. The largest absolute Gasteiger partial charge is 0.334 e. The third-order valence-electron chi connectivity index (χ3n) is 12.3. The van der Waals surface area contributed by atoms with Crippen molar-refractivity contribution < 1.29 is 4.79 Å². The summed E-state index contributed by atoms with van der Waals surface area (Å²) in [5.41, 5.74) is 5.07. The van der Waals surface area contributed by atoms with Crippen LogP contribution in [-0.2, 0) is 19.4 Å². The van der Waals surface area contributed by atoms with E-state index in [1.54, 1.807) is 0 Å². The van der Waals surface area contributed by atoms with Crippen LogP contribution in [0.25, 0.3) is 50.8 Å². The Morgan fingerprint density at radius 2 is 1.18 bits per heavy atom. The fourth-order valence-electron chi connectivity index (χ4n) is 8.87. The number of fused-ring (bicyclic) bond motifs is 3. The van der Waals surface area contributed by atoms with Gasteiger partial charge in [-0.1, -0.05) is 112 Å². The first-order chi connectivity index (χ1) is 27.3. The van der Waals surface area contributed by atoms with Crippen LogP contribution in [0.1, 0.15) is 154 Å². The number of nitrogens with zero attached hydrogens (tertiary/aromatic N) is 1. The van der Waals surface area contributed by atoms with Gasteiger partial charge in [0.2, 0.25) is 0 Å². The molecular formula is C49H63NOS5. The molecule has 0 spiro atoms. The first kappa shape index (κ1) is 41.9. The topological polar surface area (TPSA) is 20.3 Å². The van der Waals surface area contributed by atoms with Crippen LogP contribution in [0.5, 0.6) is 0 Å². The summed E-state index contributed by atoms with van der Waals surface area (Å²) in [7, 11) is 0. The highest BCUT2D eigenvalue weighted by atomic mass is 32.1. The fraction of sp³-hybridized carbons (Fsp3) is 0.531. The van der Waals surface area contributed by atoms with E-state index in [-0.39, 0.29) is 5.91 Å². The predicted molar refractivity (Wildman–Crippen MR) is 254 cm³/mol. The van der Waals surface area contributed by atoms with Gasteiger partial charge in [0, 0.05) is 78.5 Å². The Morgan fingerprint density at radius 3 is 1.77 bits per heavy atom. The summed E-state index contributed by atoms with van der Waals surface area (Å²) in [4.78, 5) is 27.3. The lowest BCUT2D eigenvalue weighted by Crippen LogP contribution is -2.25. The van der Waals surface area contributed by atoms with Crippen molar-refractivity contribution in [2.45, 2.75) is 151 Å². The molecule has 0 aliphatic carbocycles. The van der Waals surface area contributed by atoms with Crippen LogP contribution in [0.15, 0.2) is 36.4 Å². The van der Waals surface area contributed by atoms with Crippen LogP contribution in [0.3, 0.4) is 0 Å². The summed E-state index contributed by atoms with van der Waals surface area (Å²) in [6.45, 7) is 17.8. The SMILES string of the molecule is CCCCCCCN1Cc2c(C)sc(-c3cc4c(-c5ccc(CC(CC)CCCC)s5)c5sc(C)cc5c(-c5ccc(CC(CC)CCCC)s5)c4s3)c2C1=O. The monoisotopic (exact) mass is 841 g/mol. The van der Waals surface area contributed by atoms with Gasteiger partial charge in [0.05, 0.1) is 10.4 Å². The maximum absolute atomic E-state index is 14.2. The Bertz CT molecular complexity index is 2130. The van der Waals surface area contributed by atoms with Crippen LogP contribution in [0, 0.1) is 25.7 Å². The quantitative estimate of drug-likeness (QED) is 0.0661. The Labute approximate surface area is 357 Å². The highest BCUT2D eigenvalue weighted by Gasteiger charge is 2.35. The average molecular weight is 842 g/mol. The minimum atomic E-state index is 0.247. The first-order valence-corrected chi connectivity index (χ1v) is 26.0. The molecule has 5 aromatic heterocycles. The van der Waals surface area contributed by atoms with Gasteiger partial charge in [-0.2, -0.15) is 0 Å². The number of rotatable bonds is 21. The van der Waals surface area contributed by atoms with Crippen molar-refractivity contribution >= 4 is 82.8 Å². The van der Waals surface area contributed by atoms with Crippen LogP contribution >= 0.6 is 56.7 Å². The molecule has 2 atom stereocenters. The molecule has 2 unspecified atom stereocenters. The predicted octanol–water partition coefficient (Wildman–Crippen LogP) is 17.4. The molecule has 7 heteroatoms. The molecule has 300 valence electrons. The number of carbonyl (C=O) groups is 1. The molecule has 7 rings (SSSR count). The second kappa shape index (κ2) is 19.2. The third-order valence-corrected chi connectivity index (χ3v) is 18.1. The zero-order chi connectivity index (χ0) is 39.3. The lowest BCUT2D eigenvalue weighted by atomic mass is 9.95. The molecule has 6 aromatic rings. The molecule has 2 nitrogen and oxygen atoms in total. The van der Waals surface area contributed by atoms with Gasteiger partial charge in [0.1, 0.15) is 0 Å². The smallest absolute Gasteiger partial charge is 0.256 e. The highest BCUT2D eigenvalue weighted by molar-refractivity contribution is 7.28. The van der Waals surface area contributed by atoms with Crippen LogP contribution in [0.4, 0.5) is 0 Å². The lowest BCUT2D eigenvalue weighted by Gasteiger charge is -2.16. The molecular weight excluding hydrogens is 779 g/mol. The van der Waals surface area contributed by atoms with Gasteiger partial charge < -0.3 is 4.90 Å². The molecule has 0 radical (unpaired) electrons. The van der Waals surface area contributed by atoms with Crippen molar-refractivity contribution in [1.82, 2.24) is 4.90 Å². The number of carbonyl (C=O) groups excluding carboxylic acids is 1. The molecule has 1 aromatic carbocycles. The normalized spacial score (nSPS) is 14.2. The molecule has 0 saturated heterocycles. The molecule has 0 fully saturated rings. The second-order valence-electron chi connectivity index (χ2n) is 16.5. The number of unbranched alkanes of at least 4 members (excludes halogenated alkanes) is 6. The van der Waals surface area contributed by atoms with E-state index in [1.165, 1.54) is 166 Å². The maximum atomic E-state index is 14.2. The summed E-state index contributed by atoms with van der Waals surface area (Å²) in [6.07, 6.45) is 18.8. The fourth-order valence-corrected chi connectivity index (χ4v) is 15.0. The van der Waals surface area contributed by atoms with Gasteiger partial charge in [0.25, 0.3) is 5.91 Å². The Kier molecular flexibility index (Phi) is 14.3. The first-order valence-electron chi connectivity index (χ1n) is 21.9. The van der Waals surface area contributed by atoms with Crippen LogP contribution < -0.4 is 0 Å². The third kappa shape index (κ3) is 8.83. The minimum Gasteiger partial charge on any atom is -0.334 e. The minimum absolute atomic E-state index is 0.247. The molecule has 0 bridgehead atoms. The average Bonchev–Trinajstić information content (AvgIpc) is 4.06. The van der Waals surface area contributed by atoms with Crippen molar-refractivity contribution in [2.75, 3.05) is 6.54 Å². The number of benzene rings is 1. The van der Waals surface area contributed by atoms with E-state index in [4.69, 9.17) is 0 Å². The van der Waals surface area contributed by atoms with Crippen molar-refractivity contribution in [1.29, 1.82) is 0 Å². The molecule has 1 aliphatic rings. The molecule has 1 aliphatic heterocycles. The lowest BCUT2D eigenvalue weighted by molar-refractivity contribution is 0.0776. The Morgan fingerprint density at radius 1 is 0.607 bits per heavy atom. The number of hydrogen-bond acceptors (Lipinski definition) is 6. The summed E-state index contributed by atoms with van der Waals surface area (Å²) >= 11 is 9.80. The number of amides is 1. The van der Waals surface area contributed by atoms with Gasteiger partial charge in [-0.15, -0.1) is 56.7 Å². The van der Waals surface area contributed by atoms with E-state index in [0.29, 0.717) is 0 Å². The second-order valence-corrected chi connectivity index (χ2v) is 22.3. The number of hydrogen-bond donors (Lipinski definition) is 0. The summed E-state index contributed by atoms with van der Waals surface area (Å²) in [5, 5.41) is 2.76. The molecule has 56 heavy (non-hydrogen) atoms. The van der Waals surface area contributed by atoms with E-state index in [1.807, 2.05) is 56.7 Å². The van der Waals surface area contributed by atoms with Crippen molar-refractivity contribution in [3.8, 4) is 30.6 Å². The number of thiophene rings is 5.